The first-order chi connectivity index (χ1) is 12.6. The summed E-state index contributed by atoms with van der Waals surface area (Å²) in [5.74, 6) is 0. The van der Waals surface area contributed by atoms with Crippen molar-refractivity contribution >= 4 is 10.2 Å². The maximum absolute atomic E-state index is 12.8. The summed E-state index contributed by atoms with van der Waals surface area (Å²) in [5, 5.41) is 0. The lowest BCUT2D eigenvalue weighted by molar-refractivity contribution is 0.0171. The minimum Gasteiger partial charge on any atom is -0.379 e. The van der Waals surface area contributed by atoms with Crippen molar-refractivity contribution in [3.05, 3.63) is 35.9 Å². The van der Waals surface area contributed by atoms with E-state index in [9.17, 15) is 8.42 Å². The normalized spacial score (nSPS) is 21.8. The molecule has 1 saturated carbocycles. The first kappa shape index (κ1) is 19.8. The van der Waals surface area contributed by atoms with Gasteiger partial charge in [0.25, 0.3) is 10.2 Å². The Morgan fingerprint density at radius 3 is 2.46 bits per heavy atom. The molecule has 1 aliphatic heterocycles. The molecule has 1 atom stereocenters. The average Bonchev–Trinajstić information content (AvgIpc) is 2.70. The molecule has 6 nitrogen and oxygen atoms in total. The van der Waals surface area contributed by atoms with E-state index in [4.69, 9.17) is 4.74 Å². The minimum absolute atomic E-state index is 0.0228. The number of nitrogens with zero attached hydrogens (tertiary/aromatic N) is 2. The van der Waals surface area contributed by atoms with Gasteiger partial charge < -0.3 is 4.74 Å². The Balaban J connectivity index is 1.68. The molecule has 2 fully saturated rings. The molecule has 3 rings (SSSR count). The molecule has 0 aromatic heterocycles. The van der Waals surface area contributed by atoms with Crippen LogP contribution in [0.2, 0.25) is 0 Å². The maximum atomic E-state index is 12.8. The molecule has 1 N–H and O–H groups in total. The maximum Gasteiger partial charge on any atom is 0.279 e. The van der Waals surface area contributed by atoms with Gasteiger partial charge in [0, 0.05) is 38.8 Å². The average molecular weight is 382 g/mol. The molecule has 7 heteroatoms. The van der Waals surface area contributed by atoms with E-state index in [1.807, 2.05) is 18.2 Å². The largest absolute Gasteiger partial charge is 0.379 e. The molecule has 0 radical (unpaired) electrons. The lowest BCUT2D eigenvalue weighted by Gasteiger charge is -2.36. The van der Waals surface area contributed by atoms with Crippen molar-refractivity contribution < 1.29 is 13.2 Å². The smallest absolute Gasteiger partial charge is 0.279 e. The van der Waals surface area contributed by atoms with E-state index in [1.54, 1.807) is 11.4 Å². The Labute approximate surface area is 157 Å². The third-order valence-electron chi connectivity index (χ3n) is 5.60. The zero-order chi connectivity index (χ0) is 18.4. The van der Waals surface area contributed by atoms with E-state index in [-0.39, 0.29) is 12.1 Å². The lowest BCUT2D eigenvalue weighted by atomic mass is 9.96. The van der Waals surface area contributed by atoms with Crippen molar-refractivity contribution in [2.75, 3.05) is 39.9 Å². The molecule has 26 heavy (non-hydrogen) atoms. The first-order valence-corrected chi connectivity index (χ1v) is 11.1. The number of hydrogen-bond donors (Lipinski definition) is 1. The number of hydrogen-bond acceptors (Lipinski definition) is 4. The van der Waals surface area contributed by atoms with Gasteiger partial charge in [0.2, 0.25) is 0 Å². The van der Waals surface area contributed by atoms with Crippen LogP contribution in [0.3, 0.4) is 0 Å². The van der Waals surface area contributed by atoms with Gasteiger partial charge in [-0.3, -0.25) is 4.90 Å². The third kappa shape index (κ3) is 5.04. The van der Waals surface area contributed by atoms with Gasteiger partial charge in [-0.1, -0.05) is 49.6 Å². The highest BCUT2D eigenvalue weighted by molar-refractivity contribution is 7.87. The molecule has 146 valence electrons. The summed E-state index contributed by atoms with van der Waals surface area (Å²) in [6.07, 6.45) is 5.37. The van der Waals surface area contributed by atoms with Gasteiger partial charge in [-0.2, -0.15) is 12.7 Å². The molecule has 1 unspecified atom stereocenters. The summed E-state index contributed by atoms with van der Waals surface area (Å²) in [4.78, 5) is 2.31. The molecule has 0 spiro atoms. The molecule has 0 amide bonds. The highest BCUT2D eigenvalue weighted by Crippen LogP contribution is 2.24. The summed E-state index contributed by atoms with van der Waals surface area (Å²) >= 11 is 0. The van der Waals surface area contributed by atoms with Crippen LogP contribution in [-0.4, -0.2) is 63.6 Å². The highest BCUT2D eigenvalue weighted by Gasteiger charge is 2.29. The van der Waals surface area contributed by atoms with E-state index in [0.717, 1.165) is 44.3 Å². The summed E-state index contributed by atoms with van der Waals surface area (Å²) < 4.78 is 35.5. The van der Waals surface area contributed by atoms with E-state index < -0.39 is 10.2 Å². The number of rotatable bonds is 7. The van der Waals surface area contributed by atoms with E-state index in [1.165, 1.54) is 6.42 Å². The van der Waals surface area contributed by atoms with E-state index in [0.29, 0.717) is 19.8 Å². The molecule has 2 aliphatic rings. The summed E-state index contributed by atoms with van der Waals surface area (Å²) in [7, 11) is -1.76. The predicted molar refractivity (Wildman–Crippen MR) is 103 cm³/mol. The fourth-order valence-electron chi connectivity index (χ4n) is 3.95. The number of ether oxygens (including phenoxy) is 1. The van der Waals surface area contributed by atoms with Crippen LogP contribution in [0.15, 0.2) is 30.3 Å². The topological polar surface area (TPSA) is 61.9 Å². The standard InChI is InChI=1S/C19H31N3O3S/c1-21(18-10-6-3-7-11-18)26(23,24)20-16-19(17-8-4-2-5-9-17)22-12-14-25-15-13-22/h2,4-5,8-9,18-20H,3,6-7,10-16H2,1H3. The van der Waals surface area contributed by atoms with Crippen LogP contribution in [0, 0.1) is 0 Å². The quantitative estimate of drug-likeness (QED) is 0.786. The highest BCUT2D eigenvalue weighted by atomic mass is 32.2. The van der Waals surface area contributed by atoms with Crippen LogP contribution in [-0.2, 0) is 14.9 Å². The second-order valence-electron chi connectivity index (χ2n) is 7.24. The van der Waals surface area contributed by atoms with E-state index >= 15 is 0 Å². The van der Waals surface area contributed by atoms with Gasteiger partial charge in [0.1, 0.15) is 0 Å². The summed E-state index contributed by atoms with van der Waals surface area (Å²) in [6, 6.07) is 10.3. The molecule has 0 bridgehead atoms. The van der Waals surface area contributed by atoms with Crippen LogP contribution < -0.4 is 4.72 Å². The Morgan fingerprint density at radius 2 is 1.81 bits per heavy atom. The number of benzene rings is 1. The van der Waals surface area contributed by atoms with Gasteiger partial charge in [-0.05, 0) is 18.4 Å². The molecular formula is C19H31N3O3S. The first-order valence-electron chi connectivity index (χ1n) is 9.67. The van der Waals surface area contributed by atoms with Gasteiger partial charge in [-0.15, -0.1) is 0 Å². The molecule has 1 saturated heterocycles. The van der Waals surface area contributed by atoms with Gasteiger partial charge in [0.15, 0.2) is 0 Å². The van der Waals surface area contributed by atoms with Crippen molar-refractivity contribution in [3.8, 4) is 0 Å². The van der Waals surface area contributed by atoms with Crippen LogP contribution in [0.1, 0.15) is 43.7 Å². The Morgan fingerprint density at radius 1 is 1.15 bits per heavy atom. The summed E-state index contributed by atoms with van der Waals surface area (Å²) in [5.41, 5.74) is 1.14. The van der Waals surface area contributed by atoms with Crippen molar-refractivity contribution in [3.63, 3.8) is 0 Å². The van der Waals surface area contributed by atoms with Crippen molar-refractivity contribution in [1.82, 2.24) is 13.9 Å². The predicted octanol–water partition coefficient (Wildman–Crippen LogP) is 2.16. The van der Waals surface area contributed by atoms with Gasteiger partial charge in [0.05, 0.1) is 13.2 Å². The van der Waals surface area contributed by atoms with Crippen LogP contribution in [0.25, 0.3) is 0 Å². The van der Waals surface area contributed by atoms with Crippen LogP contribution >= 0.6 is 0 Å². The van der Waals surface area contributed by atoms with Crippen LogP contribution in [0.5, 0.6) is 0 Å². The van der Waals surface area contributed by atoms with Gasteiger partial charge >= 0.3 is 0 Å². The second kappa shape index (κ2) is 9.28. The number of morpholine rings is 1. The monoisotopic (exact) mass is 381 g/mol. The summed E-state index contributed by atoms with van der Waals surface area (Å²) in [6.45, 7) is 3.40. The van der Waals surface area contributed by atoms with Gasteiger partial charge in [-0.25, -0.2) is 4.72 Å². The van der Waals surface area contributed by atoms with Crippen molar-refractivity contribution in [2.45, 2.75) is 44.2 Å². The molecule has 1 heterocycles. The molecular weight excluding hydrogens is 350 g/mol. The van der Waals surface area contributed by atoms with Crippen molar-refractivity contribution in [2.24, 2.45) is 0 Å². The molecule has 1 aromatic rings. The SMILES string of the molecule is CN(C1CCCCC1)S(=O)(=O)NCC(c1ccccc1)N1CCOCC1. The fraction of sp³-hybridized carbons (Fsp3) is 0.684. The third-order valence-corrected chi connectivity index (χ3v) is 7.19. The lowest BCUT2D eigenvalue weighted by Crippen LogP contribution is -2.48. The fourth-order valence-corrected chi connectivity index (χ4v) is 5.12. The van der Waals surface area contributed by atoms with Crippen molar-refractivity contribution in [1.29, 1.82) is 0 Å². The minimum atomic E-state index is -3.48. The second-order valence-corrected chi connectivity index (χ2v) is 9.05. The van der Waals surface area contributed by atoms with Crippen LogP contribution in [0.4, 0.5) is 0 Å². The molecule has 1 aliphatic carbocycles. The Bertz CT molecular complexity index is 641. The zero-order valence-electron chi connectivity index (χ0n) is 15.6. The molecule has 1 aromatic carbocycles. The Hall–Kier alpha value is -0.990. The number of nitrogens with one attached hydrogen (secondary N) is 1. The zero-order valence-corrected chi connectivity index (χ0v) is 16.5. The van der Waals surface area contributed by atoms with E-state index in [2.05, 4.69) is 21.8 Å². The Kier molecular flexibility index (Phi) is 7.05.